The van der Waals surface area contributed by atoms with Gasteiger partial charge in [0.25, 0.3) is 0 Å². The first-order valence-corrected chi connectivity index (χ1v) is 8.19. The van der Waals surface area contributed by atoms with E-state index in [1.54, 1.807) is 12.1 Å². The van der Waals surface area contributed by atoms with Gasteiger partial charge in [-0.05, 0) is 24.3 Å². The van der Waals surface area contributed by atoms with Crippen molar-refractivity contribution in [3.8, 4) is 0 Å². The minimum absolute atomic E-state index is 0.200. The molecule has 2 rings (SSSR count). The van der Waals surface area contributed by atoms with E-state index in [2.05, 4.69) is 5.32 Å². The predicted molar refractivity (Wildman–Crippen MR) is 77.6 cm³/mol. The lowest BCUT2D eigenvalue weighted by atomic mass is 10.3. The summed E-state index contributed by atoms with van der Waals surface area (Å²) in [5.74, 6) is 0. The summed E-state index contributed by atoms with van der Waals surface area (Å²) in [6.07, 6.45) is -0.846. The Labute approximate surface area is 124 Å². The maximum Gasteiger partial charge on any atom is 0.243 e. The zero-order chi connectivity index (χ0) is 15.3. The number of nitrogens with one attached hydrogen (secondary N) is 1. The molecule has 0 saturated carbocycles. The fourth-order valence-corrected chi connectivity index (χ4v) is 3.39. The molecular weight excluding hydrogens is 296 g/mol. The second-order valence-electron chi connectivity index (χ2n) is 4.76. The van der Waals surface area contributed by atoms with Crippen LogP contribution in [0.5, 0.6) is 0 Å². The summed E-state index contributed by atoms with van der Waals surface area (Å²) in [6, 6.07) is 6.33. The number of morpholine rings is 1. The van der Waals surface area contributed by atoms with Gasteiger partial charge in [-0.25, -0.2) is 8.42 Å². The number of sulfonamides is 1. The van der Waals surface area contributed by atoms with Gasteiger partial charge in [0.1, 0.15) is 0 Å². The van der Waals surface area contributed by atoms with Crippen molar-refractivity contribution in [3.63, 3.8) is 0 Å². The van der Waals surface area contributed by atoms with Gasteiger partial charge in [0.15, 0.2) is 0 Å². The number of hydrogen-bond acceptors (Lipinski definition) is 6. The number of nitrogens with zero attached hydrogens (tertiary/aromatic N) is 1. The molecule has 1 fully saturated rings. The van der Waals surface area contributed by atoms with Gasteiger partial charge in [-0.3, -0.25) is 0 Å². The Morgan fingerprint density at radius 2 is 1.86 bits per heavy atom. The van der Waals surface area contributed by atoms with Gasteiger partial charge in [0.05, 0.1) is 30.8 Å². The van der Waals surface area contributed by atoms with E-state index in [1.165, 1.54) is 16.4 Å². The van der Waals surface area contributed by atoms with Crippen LogP contribution in [0.3, 0.4) is 0 Å². The summed E-state index contributed by atoms with van der Waals surface area (Å²) in [5, 5.41) is 20.9. The molecule has 1 aromatic rings. The molecule has 0 radical (unpaired) electrons. The van der Waals surface area contributed by atoms with Gasteiger partial charge in [-0.1, -0.05) is 0 Å². The minimum atomic E-state index is -3.48. The predicted octanol–water partition coefficient (Wildman–Crippen LogP) is -0.527. The normalized spacial score (nSPS) is 18.4. The van der Waals surface area contributed by atoms with E-state index in [0.717, 1.165) is 0 Å². The minimum Gasteiger partial charge on any atom is -0.394 e. The van der Waals surface area contributed by atoms with Crippen LogP contribution in [0.4, 0.5) is 5.69 Å². The third-order valence-corrected chi connectivity index (χ3v) is 5.13. The van der Waals surface area contributed by atoms with Gasteiger partial charge < -0.3 is 20.3 Å². The lowest BCUT2D eigenvalue weighted by Crippen LogP contribution is -2.40. The van der Waals surface area contributed by atoms with E-state index in [4.69, 9.17) is 9.84 Å². The number of rotatable bonds is 6. The molecule has 1 heterocycles. The molecule has 0 aromatic heterocycles. The van der Waals surface area contributed by atoms with Crippen LogP contribution in [-0.4, -0.2) is 68.5 Å². The molecule has 3 N–H and O–H groups in total. The molecule has 0 spiro atoms. The molecule has 1 saturated heterocycles. The van der Waals surface area contributed by atoms with Gasteiger partial charge in [-0.15, -0.1) is 0 Å². The molecule has 1 aliphatic rings. The summed E-state index contributed by atoms with van der Waals surface area (Å²) in [5.41, 5.74) is 0.684. The van der Waals surface area contributed by atoms with Crippen molar-refractivity contribution in [1.82, 2.24) is 4.31 Å². The first kappa shape index (κ1) is 16.2. The van der Waals surface area contributed by atoms with Crippen molar-refractivity contribution < 1.29 is 23.4 Å². The Morgan fingerprint density at radius 3 is 2.43 bits per heavy atom. The van der Waals surface area contributed by atoms with Gasteiger partial charge in [0, 0.05) is 25.3 Å². The summed E-state index contributed by atoms with van der Waals surface area (Å²) in [6.45, 7) is 1.44. The summed E-state index contributed by atoms with van der Waals surface area (Å²) in [7, 11) is -3.48. The number of ether oxygens (including phenoxy) is 1. The van der Waals surface area contributed by atoms with Crippen LogP contribution in [0, 0.1) is 0 Å². The second kappa shape index (κ2) is 7.19. The highest BCUT2D eigenvalue weighted by Crippen LogP contribution is 2.19. The molecule has 1 aromatic carbocycles. The summed E-state index contributed by atoms with van der Waals surface area (Å²) >= 11 is 0. The zero-order valence-electron chi connectivity index (χ0n) is 11.6. The lowest BCUT2D eigenvalue weighted by molar-refractivity contribution is 0.0730. The molecular formula is C13H20N2O5S. The molecule has 1 aliphatic heterocycles. The molecule has 8 heteroatoms. The van der Waals surface area contributed by atoms with Gasteiger partial charge in [0.2, 0.25) is 10.0 Å². The van der Waals surface area contributed by atoms with Crippen molar-refractivity contribution in [1.29, 1.82) is 0 Å². The SMILES string of the molecule is O=S(=O)(c1ccc(NCC(O)CO)cc1)N1CCOCC1. The molecule has 0 bridgehead atoms. The number of aliphatic hydroxyl groups is 2. The van der Waals surface area contributed by atoms with Crippen LogP contribution in [0.1, 0.15) is 0 Å². The van der Waals surface area contributed by atoms with Crippen molar-refractivity contribution in [2.24, 2.45) is 0 Å². The van der Waals surface area contributed by atoms with E-state index >= 15 is 0 Å². The van der Waals surface area contributed by atoms with E-state index in [-0.39, 0.29) is 18.0 Å². The van der Waals surface area contributed by atoms with Crippen LogP contribution >= 0.6 is 0 Å². The Kier molecular flexibility index (Phi) is 5.54. The number of aliphatic hydroxyl groups excluding tert-OH is 2. The first-order chi connectivity index (χ1) is 10.0. The lowest BCUT2D eigenvalue weighted by Gasteiger charge is -2.26. The molecule has 1 unspecified atom stereocenters. The standard InChI is InChI=1S/C13H20N2O5S/c16-10-12(17)9-14-11-1-3-13(4-2-11)21(18,19)15-5-7-20-8-6-15/h1-4,12,14,16-17H,5-10H2. The molecule has 0 amide bonds. The van der Waals surface area contributed by atoms with Crippen molar-refractivity contribution in [3.05, 3.63) is 24.3 Å². The van der Waals surface area contributed by atoms with Gasteiger partial charge in [-0.2, -0.15) is 4.31 Å². The van der Waals surface area contributed by atoms with Crippen LogP contribution in [0.25, 0.3) is 0 Å². The highest BCUT2D eigenvalue weighted by atomic mass is 32.2. The highest BCUT2D eigenvalue weighted by molar-refractivity contribution is 7.89. The van der Waals surface area contributed by atoms with E-state index in [0.29, 0.717) is 32.0 Å². The fraction of sp³-hybridized carbons (Fsp3) is 0.538. The Bertz CT molecular complexity index is 540. The number of benzene rings is 1. The smallest absolute Gasteiger partial charge is 0.243 e. The molecule has 1 atom stereocenters. The quantitative estimate of drug-likeness (QED) is 0.653. The van der Waals surface area contributed by atoms with E-state index in [9.17, 15) is 13.5 Å². The summed E-state index contributed by atoms with van der Waals surface area (Å²) < 4.78 is 31.3. The number of hydrogen-bond donors (Lipinski definition) is 3. The fourth-order valence-electron chi connectivity index (χ4n) is 1.98. The molecule has 7 nitrogen and oxygen atoms in total. The van der Waals surface area contributed by atoms with Crippen LogP contribution in [0.15, 0.2) is 29.2 Å². The molecule has 0 aliphatic carbocycles. The van der Waals surface area contributed by atoms with E-state index in [1.807, 2.05) is 0 Å². The Balaban J connectivity index is 2.03. The summed E-state index contributed by atoms with van der Waals surface area (Å²) in [4.78, 5) is 0.234. The maximum atomic E-state index is 12.4. The third kappa shape index (κ3) is 4.14. The first-order valence-electron chi connectivity index (χ1n) is 6.75. The Morgan fingerprint density at radius 1 is 1.24 bits per heavy atom. The zero-order valence-corrected chi connectivity index (χ0v) is 12.4. The largest absolute Gasteiger partial charge is 0.394 e. The van der Waals surface area contributed by atoms with Crippen LogP contribution < -0.4 is 5.32 Å². The maximum absolute atomic E-state index is 12.4. The topological polar surface area (TPSA) is 99.1 Å². The van der Waals surface area contributed by atoms with E-state index < -0.39 is 16.1 Å². The van der Waals surface area contributed by atoms with Gasteiger partial charge >= 0.3 is 0 Å². The Hall–Kier alpha value is -1.19. The third-order valence-electron chi connectivity index (χ3n) is 3.21. The van der Waals surface area contributed by atoms with Crippen LogP contribution in [-0.2, 0) is 14.8 Å². The molecule has 21 heavy (non-hydrogen) atoms. The highest BCUT2D eigenvalue weighted by Gasteiger charge is 2.25. The average molecular weight is 316 g/mol. The monoisotopic (exact) mass is 316 g/mol. The van der Waals surface area contributed by atoms with Crippen molar-refractivity contribution in [2.75, 3.05) is 44.8 Å². The molecule has 118 valence electrons. The van der Waals surface area contributed by atoms with Crippen molar-refractivity contribution in [2.45, 2.75) is 11.0 Å². The second-order valence-corrected chi connectivity index (χ2v) is 6.70. The van der Waals surface area contributed by atoms with Crippen molar-refractivity contribution >= 4 is 15.7 Å². The number of anilines is 1. The van der Waals surface area contributed by atoms with Crippen LogP contribution in [0.2, 0.25) is 0 Å². The average Bonchev–Trinajstić information content (AvgIpc) is 2.53.